The Kier molecular flexibility index (Phi) is 6.71. The topological polar surface area (TPSA) is 44.5 Å². The van der Waals surface area contributed by atoms with Crippen LogP contribution < -0.4 is 15.2 Å². The minimum absolute atomic E-state index is 0.112. The Labute approximate surface area is 117 Å². The summed E-state index contributed by atoms with van der Waals surface area (Å²) in [5.74, 6) is 1.70. The molecular formula is C16H27NO2. The second kappa shape index (κ2) is 8.05. The van der Waals surface area contributed by atoms with Crippen molar-refractivity contribution in [2.24, 2.45) is 5.73 Å². The van der Waals surface area contributed by atoms with Crippen molar-refractivity contribution in [3.05, 3.63) is 23.8 Å². The lowest BCUT2D eigenvalue weighted by Gasteiger charge is -2.21. The molecule has 1 unspecified atom stereocenters. The van der Waals surface area contributed by atoms with Crippen LogP contribution >= 0.6 is 0 Å². The lowest BCUT2D eigenvalue weighted by atomic mass is 10.1. The molecule has 0 aliphatic rings. The van der Waals surface area contributed by atoms with Gasteiger partial charge in [0.25, 0.3) is 0 Å². The maximum Gasteiger partial charge on any atom is 0.164 e. The van der Waals surface area contributed by atoms with Crippen LogP contribution in [-0.2, 0) is 6.42 Å². The number of benzene rings is 1. The van der Waals surface area contributed by atoms with Gasteiger partial charge in [0.05, 0.1) is 12.7 Å². The molecule has 1 aromatic rings. The summed E-state index contributed by atoms with van der Waals surface area (Å²) in [5, 5.41) is 0. The first-order valence-corrected chi connectivity index (χ1v) is 7.29. The van der Waals surface area contributed by atoms with Crippen molar-refractivity contribution >= 4 is 0 Å². The van der Waals surface area contributed by atoms with Crippen molar-refractivity contribution < 1.29 is 9.47 Å². The molecule has 0 aliphatic heterocycles. The van der Waals surface area contributed by atoms with E-state index in [0.717, 1.165) is 36.3 Å². The number of ether oxygens (including phenoxy) is 2. The van der Waals surface area contributed by atoms with Crippen molar-refractivity contribution in [1.82, 2.24) is 0 Å². The van der Waals surface area contributed by atoms with Gasteiger partial charge in [-0.25, -0.2) is 0 Å². The Bertz CT molecular complexity index is 373. The predicted octanol–water partition coefficient (Wildman–Crippen LogP) is 3.54. The standard InChI is InChI=1S/C16H27NO2/c1-5-14(6-2)19-16-13(11-12(4)17)9-8-10-15(16)18-7-3/h8-10,12,14H,5-7,11,17H2,1-4H3. The third-order valence-electron chi connectivity index (χ3n) is 3.10. The van der Waals surface area contributed by atoms with Gasteiger partial charge in [-0.2, -0.15) is 0 Å². The quantitative estimate of drug-likeness (QED) is 0.782. The molecule has 0 bridgehead atoms. The maximum atomic E-state index is 6.15. The van der Waals surface area contributed by atoms with E-state index in [4.69, 9.17) is 15.2 Å². The highest BCUT2D eigenvalue weighted by atomic mass is 16.5. The number of nitrogens with two attached hydrogens (primary N) is 1. The van der Waals surface area contributed by atoms with Gasteiger partial charge in [0.15, 0.2) is 11.5 Å². The fourth-order valence-electron chi connectivity index (χ4n) is 2.09. The molecule has 108 valence electrons. The van der Waals surface area contributed by atoms with Crippen LogP contribution in [0.3, 0.4) is 0 Å². The van der Waals surface area contributed by atoms with E-state index in [1.165, 1.54) is 0 Å². The van der Waals surface area contributed by atoms with E-state index in [1.54, 1.807) is 0 Å². The van der Waals surface area contributed by atoms with Crippen LogP contribution in [0.1, 0.15) is 46.1 Å². The van der Waals surface area contributed by atoms with Gasteiger partial charge in [-0.3, -0.25) is 0 Å². The molecule has 2 N–H and O–H groups in total. The molecule has 0 saturated heterocycles. The summed E-state index contributed by atoms with van der Waals surface area (Å²) in [6, 6.07) is 6.15. The van der Waals surface area contributed by atoms with Crippen LogP contribution in [0.5, 0.6) is 11.5 Å². The molecule has 0 spiro atoms. The van der Waals surface area contributed by atoms with Crippen LogP contribution in [0.15, 0.2) is 18.2 Å². The van der Waals surface area contributed by atoms with Crippen molar-refractivity contribution in [2.45, 2.75) is 59.1 Å². The molecule has 0 aromatic heterocycles. The molecule has 1 rings (SSSR count). The summed E-state index contributed by atoms with van der Waals surface area (Å²) in [6.07, 6.45) is 3.02. The van der Waals surface area contributed by atoms with Crippen LogP contribution in [0, 0.1) is 0 Å². The number of hydrogen-bond donors (Lipinski definition) is 1. The van der Waals surface area contributed by atoms with Crippen LogP contribution in [0.25, 0.3) is 0 Å². The van der Waals surface area contributed by atoms with Gasteiger partial charge in [0.2, 0.25) is 0 Å². The fourth-order valence-corrected chi connectivity index (χ4v) is 2.09. The minimum Gasteiger partial charge on any atom is -0.490 e. The molecule has 0 saturated carbocycles. The summed E-state index contributed by atoms with van der Waals surface area (Å²) in [7, 11) is 0. The maximum absolute atomic E-state index is 6.15. The first kappa shape index (κ1) is 15.8. The average Bonchev–Trinajstić information content (AvgIpc) is 2.38. The Hall–Kier alpha value is -1.22. The zero-order chi connectivity index (χ0) is 14.3. The van der Waals surface area contributed by atoms with Gasteiger partial charge in [-0.1, -0.05) is 26.0 Å². The molecule has 0 fully saturated rings. The summed E-state index contributed by atoms with van der Waals surface area (Å²) >= 11 is 0. The zero-order valence-electron chi connectivity index (χ0n) is 12.6. The number of rotatable bonds is 8. The van der Waals surface area contributed by atoms with Crippen LogP contribution in [0.4, 0.5) is 0 Å². The molecule has 0 heterocycles. The highest BCUT2D eigenvalue weighted by Crippen LogP contribution is 2.33. The largest absolute Gasteiger partial charge is 0.490 e. The van der Waals surface area contributed by atoms with Gasteiger partial charge < -0.3 is 15.2 Å². The van der Waals surface area contributed by atoms with Gasteiger partial charge in [0, 0.05) is 6.04 Å². The van der Waals surface area contributed by atoms with E-state index in [1.807, 2.05) is 26.0 Å². The lowest BCUT2D eigenvalue weighted by molar-refractivity contribution is 0.179. The molecule has 1 aromatic carbocycles. The SMILES string of the molecule is CCOc1cccc(CC(C)N)c1OC(CC)CC. The van der Waals surface area contributed by atoms with E-state index < -0.39 is 0 Å². The molecule has 0 aliphatic carbocycles. The van der Waals surface area contributed by atoms with Crippen molar-refractivity contribution in [3.63, 3.8) is 0 Å². The molecule has 0 amide bonds. The normalized spacial score (nSPS) is 12.5. The Morgan fingerprint density at radius 1 is 1.16 bits per heavy atom. The summed E-state index contributed by atoms with van der Waals surface area (Å²) in [6.45, 7) is 8.92. The average molecular weight is 265 g/mol. The smallest absolute Gasteiger partial charge is 0.164 e. The van der Waals surface area contributed by atoms with Crippen molar-refractivity contribution in [1.29, 1.82) is 0 Å². The minimum atomic E-state index is 0.112. The van der Waals surface area contributed by atoms with E-state index in [-0.39, 0.29) is 12.1 Å². The number of hydrogen-bond acceptors (Lipinski definition) is 3. The van der Waals surface area contributed by atoms with E-state index in [2.05, 4.69) is 19.9 Å². The summed E-state index contributed by atoms with van der Waals surface area (Å²) in [5.41, 5.74) is 7.05. The molecule has 3 heteroatoms. The Morgan fingerprint density at radius 2 is 1.84 bits per heavy atom. The highest BCUT2D eigenvalue weighted by Gasteiger charge is 2.15. The van der Waals surface area contributed by atoms with Crippen molar-refractivity contribution in [3.8, 4) is 11.5 Å². The van der Waals surface area contributed by atoms with Crippen LogP contribution in [0.2, 0.25) is 0 Å². The molecule has 1 atom stereocenters. The van der Waals surface area contributed by atoms with Gasteiger partial charge >= 0.3 is 0 Å². The van der Waals surface area contributed by atoms with Gasteiger partial charge in [0.1, 0.15) is 0 Å². The third-order valence-corrected chi connectivity index (χ3v) is 3.10. The predicted molar refractivity (Wildman–Crippen MR) is 80.0 cm³/mol. The summed E-state index contributed by atoms with van der Waals surface area (Å²) < 4.78 is 11.8. The van der Waals surface area contributed by atoms with E-state index >= 15 is 0 Å². The van der Waals surface area contributed by atoms with E-state index in [9.17, 15) is 0 Å². The second-order valence-electron chi connectivity index (χ2n) is 4.92. The highest BCUT2D eigenvalue weighted by molar-refractivity contribution is 5.47. The first-order chi connectivity index (χ1) is 9.12. The number of para-hydroxylation sites is 1. The first-order valence-electron chi connectivity index (χ1n) is 7.29. The lowest BCUT2D eigenvalue weighted by Crippen LogP contribution is -2.20. The molecule has 0 radical (unpaired) electrons. The zero-order valence-corrected chi connectivity index (χ0v) is 12.6. The summed E-state index contributed by atoms with van der Waals surface area (Å²) in [4.78, 5) is 0. The van der Waals surface area contributed by atoms with Gasteiger partial charge in [-0.05, 0) is 44.7 Å². The Balaban J connectivity index is 3.05. The molecule has 19 heavy (non-hydrogen) atoms. The van der Waals surface area contributed by atoms with Crippen LogP contribution in [-0.4, -0.2) is 18.8 Å². The second-order valence-corrected chi connectivity index (χ2v) is 4.92. The van der Waals surface area contributed by atoms with Crippen molar-refractivity contribution in [2.75, 3.05) is 6.61 Å². The fraction of sp³-hybridized carbons (Fsp3) is 0.625. The van der Waals surface area contributed by atoms with E-state index in [0.29, 0.717) is 6.61 Å². The molecule has 3 nitrogen and oxygen atoms in total. The third kappa shape index (κ3) is 4.75. The van der Waals surface area contributed by atoms with Gasteiger partial charge in [-0.15, -0.1) is 0 Å². The monoisotopic (exact) mass is 265 g/mol. The molecular weight excluding hydrogens is 238 g/mol. The Morgan fingerprint density at radius 3 is 2.37 bits per heavy atom.